The number of anilines is 1. The molecule has 9 heteroatoms. The third-order valence-corrected chi connectivity index (χ3v) is 4.07. The molecule has 1 aromatic carbocycles. The highest BCUT2D eigenvalue weighted by atomic mass is 32.2. The van der Waals surface area contributed by atoms with Gasteiger partial charge in [0, 0.05) is 12.3 Å². The predicted octanol–water partition coefficient (Wildman–Crippen LogP) is 0.795. The van der Waals surface area contributed by atoms with Crippen LogP contribution in [0.3, 0.4) is 0 Å². The van der Waals surface area contributed by atoms with Crippen LogP contribution in [0.25, 0.3) is 0 Å². The summed E-state index contributed by atoms with van der Waals surface area (Å²) < 4.78 is 28.4. The summed E-state index contributed by atoms with van der Waals surface area (Å²) >= 11 is 0. The second-order valence-electron chi connectivity index (χ2n) is 4.91. The number of hydrogen-bond acceptors (Lipinski definition) is 6. The van der Waals surface area contributed by atoms with Crippen molar-refractivity contribution < 1.29 is 27.9 Å². The third kappa shape index (κ3) is 5.88. The number of para-hydroxylation sites is 1. The molecular formula is C14H22N2O6S. The highest BCUT2D eigenvalue weighted by Crippen LogP contribution is 2.19. The number of sulfonamides is 1. The van der Waals surface area contributed by atoms with Gasteiger partial charge in [0.15, 0.2) is 6.79 Å². The number of carbonyl (C=O) groups is 1. The second-order valence-corrected chi connectivity index (χ2v) is 6.61. The Balaban J connectivity index is 2.64. The summed E-state index contributed by atoms with van der Waals surface area (Å²) in [7, 11) is -4.40. The summed E-state index contributed by atoms with van der Waals surface area (Å²) in [4.78, 5) is 18.2. The number of aliphatic hydroxyl groups is 1. The average molecular weight is 346 g/mol. The minimum absolute atomic E-state index is 0.321. The molecule has 0 aliphatic heterocycles. The first kappa shape index (κ1) is 19.5. The Bertz CT molecular complexity index is 612. The van der Waals surface area contributed by atoms with E-state index in [0.717, 1.165) is 17.5 Å². The van der Waals surface area contributed by atoms with Gasteiger partial charge in [-0.05, 0) is 31.4 Å². The molecule has 0 saturated carbocycles. The number of aliphatic hydroxyl groups excluding tert-OH is 1. The summed E-state index contributed by atoms with van der Waals surface area (Å²) in [6, 6.07) is 5.32. The van der Waals surface area contributed by atoms with Crippen LogP contribution in [0.2, 0.25) is 0 Å². The normalized spacial score (nSPS) is 12.9. The zero-order chi connectivity index (χ0) is 17.5. The number of amides is 1. The first-order valence-electron chi connectivity index (χ1n) is 7.05. The Kier molecular flexibility index (Phi) is 7.59. The van der Waals surface area contributed by atoms with Gasteiger partial charge in [-0.25, -0.2) is 8.42 Å². The van der Waals surface area contributed by atoms with Gasteiger partial charge in [-0.1, -0.05) is 30.0 Å². The Morgan fingerprint density at radius 3 is 2.48 bits per heavy atom. The van der Waals surface area contributed by atoms with Gasteiger partial charge in [0.2, 0.25) is 0 Å². The zero-order valence-electron chi connectivity index (χ0n) is 13.3. The lowest BCUT2D eigenvalue weighted by atomic mass is 10.1. The monoisotopic (exact) mass is 346 g/mol. The molecule has 0 aliphatic carbocycles. The fourth-order valence-corrected chi connectivity index (χ4v) is 2.38. The van der Waals surface area contributed by atoms with Crippen molar-refractivity contribution in [1.29, 1.82) is 0 Å². The molecule has 0 saturated heterocycles. The molecule has 1 atom stereocenters. The maximum absolute atomic E-state index is 11.9. The second kappa shape index (κ2) is 8.94. The molecule has 23 heavy (non-hydrogen) atoms. The zero-order valence-corrected chi connectivity index (χ0v) is 14.1. The van der Waals surface area contributed by atoms with Gasteiger partial charge in [0.05, 0.1) is 0 Å². The fourth-order valence-electron chi connectivity index (χ4n) is 1.73. The maximum Gasteiger partial charge on any atom is 0.270 e. The van der Waals surface area contributed by atoms with E-state index in [1.807, 2.05) is 6.92 Å². The van der Waals surface area contributed by atoms with Crippen molar-refractivity contribution in [2.75, 3.05) is 18.7 Å². The number of aryl methyl sites for hydroxylation is 2. The third-order valence-electron chi connectivity index (χ3n) is 2.91. The standard InChI is InChI=1S/C14H22N2O6S/c1-4-8-21-9-22-16-23(19,20)14(18)13(17)15-12-10(2)6-5-7-11(12)3/h5-7,14,16,18H,4,8-9H2,1-3H3,(H,15,17). The van der Waals surface area contributed by atoms with Crippen LogP contribution in [0.4, 0.5) is 5.69 Å². The molecule has 1 unspecified atom stereocenters. The summed E-state index contributed by atoms with van der Waals surface area (Å²) in [6.45, 7) is 5.48. The van der Waals surface area contributed by atoms with E-state index in [9.17, 15) is 18.3 Å². The molecule has 1 aromatic rings. The van der Waals surface area contributed by atoms with Gasteiger partial charge in [-0.3, -0.25) is 9.63 Å². The number of ether oxygens (including phenoxy) is 1. The van der Waals surface area contributed by atoms with E-state index in [4.69, 9.17) is 4.74 Å². The van der Waals surface area contributed by atoms with E-state index >= 15 is 0 Å². The summed E-state index contributed by atoms with van der Waals surface area (Å²) in [6.07, 6.45) is 0.747. The van der Waals surface area contributed by atoms with Crippen molar-refractivity contribution in [2.45, 2.75) is 32.6 Å². The molecule has 8 nitrogen and oxygen atoms in total. The largest absolute Gasteiger partial charge is 0.368 e. The molecule has 0 aliphatic rings. The van der Waals surface area contributed by atoms with Gasteiger partial charge < -0.3 is 15.2 Å². The number of nitrogens with one attached hydrogen (secondary N) is 2. The Morgan fingerprint density at radius 1 is 1.30 bits per heavy atom. The molecule has 0 radical (unpaired) electrons. The smallest absolute Gasteiger partial charge is 0.270 e. The topological polar surface area (TPSA) is 114 Å². The Morgan fingerprint density at radius 2 is 1.91 bits per heavy atom. The van der Waals surface area contributed by atoms with E-state index in [1.165, 1.54) is 0 Å². The molecule has 130 valence electrons. The first-order chi connectivity index (χ1) is 10.8. The van der Waals surface area contributed by atoms with Crippen LogP contribution in [0.1, 0.15) is 24.5 Å². The van der Waals surface area contributed by atoms with Crippen LogP contribution in [0.5, 0.6) is 0 Å². The van der Waals surface area contributed by atoms with Gasteiger partial charge in [-0.2, -0.15) is 0 Å². The lowest BCUT2D eigenvalue weighted by molar-refractivity contribution is -0.121. The highest BCUT2D eigenvalue weighted by Gasteiger charge is 2.31. The molecule has 0 aromatic heterocycles. The number of hydrogen-bond donors (Lipinski definition) is 3. The molecule has 0 fully saturated rings. The van der Waals surface area contributed by atoms with Crippen LogP contribution >= 0.6 is 0 Å². The molecule has 0 spiro atoms. The molecular weight excluding hydrogens is 324 g/mol. The molecule has 0 bridgehead atoms. The Hall–Kier alpha value is -1.52. The van der Waals surface area contributed by atoms with Gasteiger partial charge >= 0.3 is 0 Å². The predicted molar refractivity (Wildman–Crippen MR) is 84.8 cm³/mol. The van der Waals surface area contributed by atoms with Crippen molar-refractivity contribution in [2.24, 2.45) is 0 Å². The van der Waals surface area contributed by atoms with Crippen molar-refractivity contribution in [3.63, 3.8) is 0 Å². The molecule has 1 rings (SSSR count). The minimum atomic E-state index is -4.40. The summed E-state index contributed by atoms with van der Waals surface area (Å²) in [5, 5.41) is 12.1. The fraction of sp³-hybridized carbons (Fsp3) is 0.500. The van der Waals surface area contributed by atoms with Crippen LogP contribution in [-0.4, -0.2) is 38.3 Å². The van der Waals surface area contributed by atoms with Crippen molar-refractivity contribution in [3.05, 3.63) is 29.3 Å². The quantitative estimate of drug-likeness (QED) is 0.346. The van der Waals surface area contributed by atoms with Crippen molar-refractivity contribution in [3.8, 4) is 0 Å². The van der Waals surface area contributed by atoms with Gasteiger partial charge in [-0.15, -0.1) is 0 Å². The number of carbonyl (C=O) groups excluding carboxylic acids is 1. The van der Waals surface area contributed by atoms with Crippen LogP contribution in [0.15, 0.2) is 18.2 Å². The Labute approximate surface area is 135 Å². The van der Waals surface area contributed by atoms with E-state index < -0.39 is 21.4 Å². The van der Waals surface area contributed by atoms with Crippen LogP contribution in [-0.2, 0) is 24.4 Å². The van der Waals surface area contributed by atoms with Crippen molar-refractivity contribution in [1.82, 2.24) is 4.89 Å². The van der Waals surface area contributed by atoms with E-state index in [0.29, 0.717) is 12.3 Å². The number of benzene rings is 1. The number of rotatable bonds is 9. The lowest BCUT2D eigenvalue weighted by Crippen LogP contribution is -2.42. The summed E-state index contributed by atoms with van der Waals surface area (Å²) in [5.74, 6) is -1.08. The van der Waals surface area contributed by atoms with Gasteiger partial charge in [0.25, 0.3) is 21.4 Å². The summed E-state index contributed by atoms with van der Waals surface area (Å²) in [5.41, 5.74) is -0.355. The van der Waals surface area contributed by atoms with E-state index in [1.54, 1.807) is 36.9 Å². The van der Waals surface area contributed by atoms with Crippen LogP contribution < -0.4 is 10.2 Å². The first-order valence-corrected chi connectivity index (χ1v) is 8.59. The molecule has 0 heterocycles. The van der Waals surface area contributed by atoms with E-state index in [-0.39, 0.29) is 6.79 Å². The lowest BCUT2D eigenvalue weighted by Gasteiger charge is -2.15. The average Bonchev–Trinajstić information content (AvgIpc) is 2.49. The van der Waals surface area contributed by atoms with E-state index in [2.05, 4.69) is 10.2 Å². The minimum Gasteiger partial charge on any atom is -0.368 e. The maximum atomic E-state index is 11.9. The molecule has 3 N–H and O–H groups in total. The van der Waals surface area contributed by atoms with Crippen molar-refractivity contribution >= 4 is 21.6 Å². The SMILES string of the molecule is CCCOCONS(=O)(=O)C(O)C(=O)Nc1c(C)cccc1C. The van der Waals surface area contributed by atoms with Crippen LogP contribution in [0, 0.1) is 13.8 Å². The molecule has 1 amide bonds. The van der Waals surface area contributed by atoms with Gasteiger partial charge in [0.1, 0.15) is 0 Å². The highest BCUT2D eigenvalue weighted by molar-refractivity contribution is 7.90.